The first-order valence-electron chi connectivity index (χ1n) is 7.41. The molecule has 0 radical (unpaired) electrons. The van der Waals surface area contributed by atoms with Gasteiger partial charge in [0.15, 0.2) is 6.61 Å². The van der Waals surface area contributed by atoms with Gasteiger partial charge in [-0.05, 0) is 25.5 Å². The molecule has 1 heterocycles. The smallest absolute Gasteiger partial charge is 0.344 e. The van der Waals surface area contributed by atoms with E-state index in [-0.39, 0.29) is 30.7 Å². The van der Waals surface area contributed by atoms with E-state index in [0.717, 1.165) is 4.90 Å². The second-order valence-electron chi connectivity index (χ2n) is 5.41. The Kier molecular flexibility index (Phi) is 5.51. The summed E-state index contributed by atoms with van der Waals surface area (Å²) in [6.07, 6.45) is -0.303. The van der Waals surface area contributed by atoms with Crippen molar-refractivity contribution in [2.24, 2.45) is 0 Å². The van der Waals surface area contributed by atoms with Crippen LogP contribution in [-0.2, 0) is 25.6 Å². The Hall–Kier alpha value is -2.90. The van der Waals surface area contributed by atoms with E-state index in [4.69, 9.17) is 9.47 Å². The van der Waals surface area contributed by atoms with E-state index in [0.29, 0.717) is 5.56 Å². The van der Waals surface area contributed by atoms with Gasteiger partial charge in [-0.2, -0.15) is 0 Å². The van der Waals surface area contributed by atoms with Crippen LogP contribution in [0.5, 0.6) is 0 Å². The Morgan fingerprint density at radius 1 is 1.25 bits per heavy atom. The van der Waals surface area contributed by atoms with Crippen LogP contribution in [0.4, 0.5) is 4.79 Å². The standard InChI is InChI=1S/C16H18N2O6/c1-10(2)24-14(20)9-23-15(21)12-6-4-3-5-11(12)8-18-13(19)7-17-16(18)22/h3-6,10H,7-9H2,1-2H3,(H,17,22). The van der Waals surface area contributed by atoms with Gasteiger partial charge in [0.25, 0.3) is 0 Å². The lowest BCUT2D eigenvalue weighted by atomic mass is 10.1. The van der Waals surface area contributed by atoms with Crippen molar-refractivity contribution < 1.29 is 28.7 Å². The zero-order chi connectivity index (χ0) is 17.7. The Morgan fingerprint density at radius 3 is 2.58 bits per heavy atom. The van der Waals surface area contributed by atoms with E-state index >= 15 is 0 Å². The fourth-order valence-electron chi connectivity index (χ4n) is 2.14. The average molecular weight is 334 g/mol. The number of nitrogens with one attached hydrogen (secondary N) is 1. The summed E-state index contributed by atoms with van der Waals surface area (Å²) in [5, 5.41) is 2.41. The van der Waals surface area contributed by atoms with Gasteiger partial charge in [-0.15, -0.1) is 0 Å². The molecule has 24 heavy (non-hydrogen) atoms. The lowest BCUT2D eigenvalue weighted by molar-refractivity contribution is -0.151. The SMILES string of the molecule is CC(C)OC(=O)COC(=O)c1ccccc1CN1C(=O)CNC1=O. The maximum atomic E-state index is 12.2. The summed E-state index contributed by atoms with van der Waals surface area (Å²) in [7, 11) is 0. The number of hydrogen-bond acceptors (Lipinski definition) is 6. The number of esters is 2. The molecule has 1 aromatic rings. The first kappa shape index (κ1) is 17.5. The average Bonchev–Trinajstić information content (AvgIpc) is 2.84. The molecular weight excluding hydrogens is 316 g/mol. The predicted octanol–water partition coefficient (Wildman–Crippen LogP) is 0.847. The number of carbonyl (C=O) groups excluding carboxylic acids is 4. The molecule has 128 valence electrons. The first-order valence-corrected chi connectivity index (χ1v) is 7.41. The fourth-order valence-corrected chi connectivity index (χ4v) is 2.14. The molecule has 0 unspecified atom stereocenters. The van der Waals surface area contributed by atoms with Gasteiger partial charge in [0.2, 0.25) is 5.91 Å². The van der Waals surface area contributed by atoms with Gasteiger partial charge in [-0.25, -0.2) is 14.4 Å². The number of carbonyl (C=O) groups is 4. The third-order valence-corrected chi connectivity index (χ3v) is 3.19. The van der Waals surface area contributed by atoms with Crippen LogP contribution in [0.3, 0.4) is 0 Å². The summed E-state index contributed by atoms with van der Waals surface area (Å²) in [4.78, 5) is 47.9. The van der Waals surface area contributed by atoms with Crippen molar-refractivity contribution >= 4 is 23.9 Å². The van der Waals surface area contributed by atoms with E-state index in [1.54, 1.807) is 32.0 Å². The summed E-state index contributed by atoms with van der Waals surface area (Å²) in [6.45, 7) is 2.76. The second-order valence-corrected chi connectivity index (χ2v) is 5.41. The minimum Gasteiger partial charge on any atom is -0.460 e. The quantitative estimate of drug-likeness (QED) is 0.611. The predicted molar refractivity (Wildman–Crippen MR) is 81.9 cm³/mol. The topological polar surface area (TPSA) is 102 Å². The van der Waals surface area contributed by atoms with Crippen molar-refractivity contribution in [3.8, 4) is 0 Å². The molecule has 0 atom stereocenters. The minimum absolute atomic E-state index is 0.0492. The largest absolute Gasteiger partial charge is 0.460 e. The van der Waals surface area contributed by atoms with E-state index in [1.807, 2.05) is 0 Å². The fraction of sp³-hybridized carbons (Fsp3) is 0.375. The molecule has 1 aliphatic heterocycles. The highest BCUT2D eigenvalue weighted by molar-refractivity contribution is 6.02. The van der Waals surface area contributed by atoms with Gasteiger partial charge >= 0.3 is 18.0 Å². The summed E-state index contributed by atoms with van der Waals surface area (Å²) in [6, 6.07) is 5.91. The Balaban J connectivity index is 2.05. The van der Waals surface area contributed by atoms with Crippen molar-refractivity contribution in [2.75, 3.05) is 13.2 Å². The van der Waals surface area contributed by atoms with E-state index in [9.17, 15) is 19.2 Å². The summed E-state index contributed by atoms with van der Waals surface area (Å²) in [5.74, 6) is -1.74. The van der Waals surface area contributed by atoms with E-state index in [2.05, 4.69) is 5.32 Å². The highest BCUT2D eigenvalue weighted by Gasteiger charge is 2.29. The Labute approximate surface area is 138 Å². The lowest BCUT2D eigenvalue weighted by Gasteiger charge is -2.15. The van der Waals surface area contributed by atoms with Crippen LogP contribution >= 0.6 is 0 Å². The molecule has 1 fully saturated rings. The Morgan fingerprint density at radius 2 is 1.96 bits per heavy atom. The molecule has 3 amide bonds. The molecule has 1 aromatic carbocycles. The molecule has 1 saturated heterocycles. The molecule has 0 aliphatic carbocycles. The molecule has 8 heteroatoms. The molecular formula is C16H18N2O6. The monoisotopic (exact) mass is 334 g/mol. The van der Waals surface area contributed by atoms with Crippen molar-refractivity contribution in [2.45, 2.75) is 26.5 Å². The number of nitrogens with zero attached hydrogens (tertiary/aromatic N) is 1. The van der Waals surface area contributed by atoms with Crippen molar-refractivity contribution in [1.29, 1.82) is 0 Å². The van der Waals surface area contributed by atoms with Crippen LogP contribution in [0.15, 0.2) is 24.3 Å². The highest BCUT2D eigenvalue weighted by atomic mass is 16.6. The number of hydrogen-bond donors (Lipinski definition) is 1. The number of amides is 3. The van der Waals surface area contributed by atoms with Crippen LogP contribution in [0.25, 0.3) is 0 Å². The van der Waals surface area contributed by atoms with Crippen molar-refractivity contribution in [1.82, 2.24) is 10.2 Å². The van der Waals surface area contributed by atoms with Gasteiger partial charge in [-0.1, -0.05) is 18.2 Å². The van der Waals surface area contributed by atoms with Crippen molar-refractivity contribution in [3.63, 3.8) is 0 Å². The molecule has 8 nitrogen and oxygen atoms in total. The number of imide groups is 1. The number of benzene rings is 1. The van der Waals surface area contributed by atoms with Gasteiger partial charge < -0.3 is 14.8 Å². The Bertz CT molecular complexity index is 654. The molecule has 0 bridgehead atoms. The number of rotatable bonds is 6. The van der Waals surface area contributed by atoms with Crippen LogP contribution in [-0.4, -0.2) is 48.0 Å². The molecule has 0 aromatic heterocycles. The summed E-state index contributed by atoms with van der Waals surface area (Å²) >= 11 is 0. The number of urea groups is 1. The maximum absolute atomic E-state index is 12.2. The van der Waals surface area contributed by atoms with E-state index in [1.165, 1.54) is 6.07 Å². The molecule has 1 N–H and O–H groups in total. The zero-order valence-corrected chi connectivity index (χ0v) is 13.4. The first-order chi connectivity index (χ1) is 11.4. The van der Waals surface area contributed by atoms with Crippen LogP contribution in [0.1, 0.15) is 29.8 Å². The number of ether oxygens (including phenoxy) is 2. The minimum atomic E-state index is -0.724. The summed E-state index contributed by atoms with van der Waals surface area (Å²) < 4.78 is 9.81. The second kappa shape index (κ2) is 7.58. The van der Waals surface area contributed by atoms with Gasteiger partial charge in [-0.3, -0.25) is 9.69 Å². The molecule has 0 saturated carbocycles. The van der Waals surface area contributed by atoms with Gasteiger partial charge in [0.05, 0.1) is 24.8 Å². The molecule has 1 aliphatic rings. The van der Waals surface area contributed by atoms with Crippen LogP contribution < -0.4 is 5.32 Å². The van der Waals surface area contributed by atoms with Crippen molar-refractivity contribution in [3.05, 3.63) is 35.4 Å². The van der Waals surface area contributed by atoms with Crippen LogP contribution in [0.2, 0.25) is 0 Å². The molecule has 0 spiro atoms. The third kappa shape index (κ3) is 4.31. The van der Waals surface area contributed by atoms with Gasteiger partial charge in [0.1, 0.15) is 0 Å². The lowest BCUT2D eigenvalue weighted by Crippen LogP contribution is -2.31. The van der Waals surface area contributed by atoms with Crippen LogP contribution in [0, 0.1) is 0 Å². The summed E-state index contributed by atoms with van der Waals surface area (Å²) in [5.41, 5.74) is 0.632. The normalized spacial score (nSPS) is 13.9. The van der Waals surface area contributed by atoms with Gasteiger partial charge in [0, 0.05) is 0 Å². The third-order valence-electron chi connectivity index (χ3n) is 3.19. The van der Waals surface area contributed by atoms with E-state index < -0.39 is 24.6 Å². The highest BCUT2D eigenvalue weighted by Crippen LogP contribution is 2.15. The zero-order valence-electron chi connectivity index (χ0n) is 13.4. The molecule has 2 rings (SSSR count). The maximum Gasteiger partial charge on any atom is 0.344 e.